The van der Waals surface area contributed by atoms with Crippen LogP contribution in [-0.4, -0.2) is 5.91 Å². The Morgan fingerprint density at radius 1 is 1.10 bits per heavy atom. The SMILES string of the molecule is CC(Nc1ccc(C(N)=O)cc1)c1ccc(F)c(F)c1. The monoisotopic (exact) mass is 276 g/mol. The molecule has 0 aromatic heterocycles. The number of nitrogens with one attached hydrogen (secondary N) is 1. The van der Waals surface area contributed by atoms with E-state index in [9.17, 15) is 13.6 Å². The maximum absolute atomic E-state index is 13.2. The van der Waals surface area contributed by atoms with Crippen molar-refractivity contribution in [1.82, 2.24) is 0 Å². The number of benzene rings is 2. The fourth-order valence-electron chi connectivity index (χ4n) is 1.85. The molecule has 2 aromatic carbocycles. The van der Waals surface area contributed by atoms with Crippen LogP contribution in [0.5, 0.6) is 0 Å². The molecule has 104 valence electrons. The zero-order valence-electron chi connectivity index (χ0n) is 10.9. The Bertz CT molecular complexity index is 626. The van der Waals surface area contributed by atoms with Crippen molar-refractivity contribution in [1.29, 1.82) is 0 Å². The topological polar surface area (TPSA) is 55.1 Å². The quantitative estimate of drug-likeness (QED) is 0.900. The van der Waals surface area contributed by atoms with Crippen LogP contribution in [0.15, 0.2) is 42.5 Å². The zero-order chi connectivity index (χ0) is 14.7. The van der Waals surface area contributed by atoms with Gasteiger partial charge < -0.3 is 11.1 Å². The van der Waals surface area contributed by atoms with Crippen LogP contribution in [0, 0.1) is 11.6 Å². The highest BCUT2D eigenvalue weighted by Crippen LogP contribution is 2.21. The molecule has 0 aliphatic rings. The van der Waals surface area contributed by atoms with E-state index >= 15 is 0 Å². The Morgan fingerprint density at radius 2 is 1.75 bits per heavy atom. The van der Waals surface area contributed by atoms with Gasteiger partial charge in [-0.2, -0.15) is 0 Å². The predicted molar refractivity (Wildman–Crippen MR) is 73.4 cm³/mol. The minimum atomic E-state index is -0.875. The first-order valence-corrected chi connectivity index (χ1v) is 6.08. The molecule has 3 N–H and O–H groups in total. The molecular formula is C15H14F2N2O. The summed E-state index contributed by atoms with van der Waals surface area (Å²) in [5.41, 5.74) is 6.95. The normalized spacial score (nSPS) is 11.9. The molecule has 3 nitrogen and oxygen atoms in total. The standard InChI is InChI=1S/C15H14F2N2O/c1-9(11-4-7-13(16)14(17)8-11)19-12-5-2-10(3-6-12)15(18)20/h2-9,19H,1H3,(H2,18,20). The first-order valence-electron chi connectivity index (χ1n) is 6.08. The summed E-state index contributed by atoms with van der Waals surface area (Å²) in [4.78, 5) is 10.9. The van der Waals surface area contributed by atoms with E-state index in [2.05, 4.69) is 5.32 Å². The molecule has 0 fully saturated rings. The van der Waals surface area contributed by atoms with Crippen LogP contribution in [-0.2, 0) is 0 Å². The van der Waals surface area contributed by atoms with Crippen LogP contribution < -0.4 is 11.1 Å². The van der Waals surface area contributed by atoms with Crippen LogP contribution in [0.1, 0.15) is 28.9 Å². The van der Waals surface area contributed by atoms with Crippen LogP contribution in [0.2, 0.25) is 0 Å². The molecular weight excluding hydrogens is 262 g/mol. The maximum Gasteiger partial charge on any atom is 0.248 e. The summed E-state index contributed by atoms with van der Waals surface area (Å²) >= 11 is 0. The van der Waals surface area contributed by atoms with Crippen molar-refractivity contribution < 1.29 is 13.6 Å². The second-order valence-corrected chi connectivity index (χ2v) is 4.48. The van der Waals surface area contributed by atoms with Gasteiger partial charge in [-0.3, -0.25) is 4.79 Å². The number of carbonyl (C=O) groups excluding carboxylic acids is 1. The molecule has 0 bridgehead atoms. The number of carbonyl (C=O) groups is 1. The predicted octanol–water partition coefficient (Wildman–Crippen LogP) is 3.24. The second kappa shape index (κ2) is 5.69. The molecule has 1 atom stereocenters. The largest absolute Gasteiger partial charge is 0.379 e. The Hall–Kier alpha value is -2.43. The van der Waals surface area contributed by atoms with E-state index in [1.165, 1.54) is 6.07 Å². The van der Waals surface area contributed by atoms with E-state index in [-0.39, 0.29) is 6.04 Å². The molecule has 2 aromatic rings. The highest BCUT2D eigenvalue weighted by atomic mass is 19.2. The molecule has 1 unspecified atom stereocenters. The first kappa shape index (κ1) is 14.0. The summed E-state index contributed by atoms with van der Waals surface area (Å²) in [7, 11) is 0. The van der Waals surface area contributed by atoms with Gasteiger partial charge in [0, 0.05) is 17.3 Å². The number of anilines is 1. The number of hydrogen-bond acceptors (Lipinski definition) is 2. The van der Waals surface area contributed by atoms with Gasteiger partial charge in [0.15, 0.2) is 11.6 Å². The summed E-state index contributed by atoms with van der Waals surface area (Å²) < 4.78 is 26.0. The number of hydrogen-bond donors (Lipinski definition) is 2. The van der Waals surface area contributed by atoms with Crippen molar-refractivity contribution in [3.63, 3.8) is 0 Å². The van der Waals surface area contributed by atoms with Gasteiger partial charge in [-0.15, -0.1) is 0 Å². The van der Waals surface area contributed by atoms with Crippen LogP contribution in [0.3, 0.4) is 0 Å². The van der Waals surface area contributed by atoms with E-state index < -0.39 is 17.5 Å². The van der Waals surface area contributed by atoms with E-state index in [4.69, 9.17) is 5.73 Å². The molecule has 0 heterocycles. The number of nitrogens with two attached hydrogens (primary N) is 1. The van der Waals surface area contributed by atoms with Crippen molar-refractivity contribution in [2.75, 3.05) is 5.32 Å². The Balaban J connectivity index is 2.12. The summed E-state index contributed by atoms with van der Waals surface area (Å²) in [6, 6.07) is 10.2. The summed E-state index contributed by atoms with van der Waals surface area (Å²) in [5.74, 6) is -2.24. The first-order chi connectivity index (χ1) is 9.47. The minimum absolute atomic E-state index is 0.204. The van der Waals surface area contributed by atoms with Crippen molar-refractivity contribution in [3.8, 4) is 0 Å². The molecule has 0 radical (unpaired) electrons. The van der Waals surface area contributed by atoms with Gasteiger partial charge in [0.2, 0.25) is 5.91 Å². The Kier molecular flexibility index (Phi) is 3.98. The average molecular weight is 276 g/mol. The fourth-order valence-corrected chi connectivity index (χ4v) is 1.85. The van der Waals surface area contributed by atoms with Crippen LogP contribution in [0.4, 0.5) is 14.5 Å². The molecule has 1 amide bonds. The third-order valence-corrected chi connectivity index (χ3v) is 3.00. The third-order valence-electron chi connectivity index (χ3n) is 3.00. The van der Waals surface area contributed by atoms with Gasteiger partial charge >= 0.3 is 0 Å². The van der Waals surface area contributed by atoms with Gasteiger partial charge in [-0.25, -0.2) is 8.78 Å². The van der Waals surface area contributed by atoms with Gasteiger partial charge in [-0.1, -0.05) is 6.07 Å². The number of amides is 1. The lowest BCUT2D eigenvalue weighted by Gasteiger charge is -2.16. The molecule has 0 aliphatic carbocycles. The lowest BCUT2D eigenvalue weighted by molar-refractivity contribution is 0.100. The zero-order valence-corrected chi connectivity index (χ0v) is 10.9. The van der Waals surface area contributed by atoms with E-state index in [1.807, 2.05) is 6.92 Å². The molecule has 0 saturated heterocycles. The average Bonchev–Trinajstić information content (AvgIpc) is 2.42. The minimum Gasteiger partial charge on any atom is -0.379 e. The smallest absolute Gasteiger partial charge is 0.248 e. The van der Waals surface area contributed by atoms with Crippen molar-refractivity contribution in [3.05, 3.63) is 65.2 Å². The highest BCUT2D eigenvalue weighted by Gasteiger charge is 2.09. The fraction of sp³-hybridized carbons (Fsp3) is 0.133. The molecule has 0 aliphatic heterocycles. The summed E-state index contributed by atoms with van der Waals surface area (Å²) in [5, 5.41) is 3.13. The molecule has 5 heteroatoms. The van der Waals surface area contributed by atoms with Crippen molar-refractivity contribution >= 4 is 11.6 Å². The summed E-state index contributed by atoms with van der Waals surface area (Å²) in [6.45, 7) is 1.83. The van der Waals surface area contributed by atoms with E-state index in [1.54, 1.807) is 24.3 Å². The van der Waals surface area contributed by atoms with Crippen molar-refractivity contribution in [2.45, 2.75) is 13.0 Å². The van der Waals surface area contributed by atoms with Crippen LogP contribution >= 0.6 is 0 Å². The Morgan fingerprint density at radius 3 is 2.30 bits per heavy atom. The van der Waals surface area contributed by atoms with E-state index in [0.717, 1.165) is 17.8 Å². The lowest BCUT2D eigenvalue weighted by atomic mass is 10.1. The molecule has 0 spiro atoms. The number of halogens is 2. The number of rotatable bonds is 4. The second-order valence-electron chi connectivity index (χ2n) is 4.48. The van der Waals surface area contributed by atoms with E-state index in [0.29, 0.717) is 11.1 Å². The molecule has 2 rings (SSSR count). The maximum atomic E-state index is 13.2. The van der Waals surface area contributed by atoms with Gasteiger partial charge in [0.1, 0.15) is 0 Å². The van der Waals surface area contributed by atoms with Crippen LogP contribution in [0.25, 0.3) is 0 Å². The van der Waals surface area contributed by atoms with Crippen molar-refractivity contribution in [2.24, 2.45) is 5.73 Å². The summed E-state index contributed by atoms with van der Waals surface area (Å²) in [6.07, 6.45) is 0. The molecule has 20 heavy (non-hydrogen) atoms. The Labute approximate surface area is 115 Å². The lowest BCUT2D eigenvalue weighted by Crippen LogP contribution is -2.11. The van der Waals surface area contributed by atoms with Gasteiger partial charge in [-0.05, 0) is 48.9 Å². The number of primary amides is 1. The molecule has 0 saturated carbocycles. The van der Waals surface area contributed by atoms with Gasteiger partial charge in [0.05, 0.1) is 0 Å². The van der Waals surface area contributed by atoms with Gasteiger partial charge in [0.25, 0.3) is 0 Å². The highest BCUT2D eigenvalue weighted by molar-refractivity contribution is 5.93. The third kappa shape index (κ3) is 3.12.